The minimum Gasteiger partial charge on any atom is -0.478 e. The first-order valence-corrected chi connectivity index (χ1v) is 7.32. The maximum absolute atomic E-state index is 11.0. The molecule has 0 unspecified atom stereocenters. The van der Waals surface area contributed by atoms with E-state index in [1.807, 2.05) is 13.1 Å². The number of hydrogen-bond donors (Lipinski definition) is 1. The maximum Gasteiger partial charge on any atom is 0.335 e. The molecule has 0 atom stereocenters. The van der Waals surface area contributed by atoms with Crippen molar-refractivity contribution in [2.75, 3.05) is 0 Å². The Bertz CT molecular complexity index is 602. The first kappa shape index (κ1) is 14.6. The molecule has 4 heteroatoms. The van der Waals surface area contributed by atoms with Gasteiger partial charge < -0.3 is 9.67 Å². The van der Waals surface area contributed by atoms with Crippen molar-refractivity contribution in [1.82, 2.24) is 9.55 Å². The molecule has 20 heavy (non-hydrogen) atoms. The highest BCUT2D eigenvalue weighted by Gasteiger charge is 2.10. The van der Waals surface area contributed by atoms with Crippen LogP contribution in [0.4, 0.5) is 0 Å². The van der Waals surface area contributed by atoms with Crippen molar-refractivity contribution in [1.29, 1.82) is 0 Å². The van der Waals surface area contributed by atoms with Gasteiger partial charge in [0.15, 0.2) is 0 Å². The Morgan fingerprint density at radius 2 is 2.00 bits per heavy atom. The van der Waals surface area contributed by atoms with Gasteiger partial charge in [-0.25, -0.2) is 9.78 Å². The molecule has 0 fully saturated rings. The Hall–Kier alpha value is -1.84. The monoisotopic (exact) mass is 274 g/mol. The number of carboxylic acids is 1. The molecule has 0 saturated carbocycles. The zero-order valence-electron chi connectivity index (χ0n) is 12.2. The van der Waals surface area contributed by atoms with Crippen molar-refractivity contribution in [3.63, 3.8) is 0 Å². The second-order valence-corrected chi connectivity index (χ2v) is 5.26. The Morgan fingerprint density at radius 1 is 1.25 bits per heavy atom. The summed E-state index contributed by atoms with van der Waals surface area (Å²) in [6, 6.07) is 5.13. The Labute approximate surface area is 119 Å². The number of hydrogen-bond acceptors (Lipinski definition) is 2. The molecule has 2 rings (SSSR count). The maximum atomic E-state index is 11.0. The number of fused-ring (bicyclic) bond motifs is 1. The fraction of sp³-hybridized carbons (Fsp3) is 0.500. The molecule has 0 radical (unpaired) electrons. The number of aromatic carboxylic acids is 1. The van der Waals surface area contributed by atoms with E-state index in [2.05, 4.69) is 16.5 Å². The molecular weight excluding hydrogens is 252 g/mol. The van der Waals surface area contributed by atoms with Gasteiger partial charge >= 0.3 is 5.97 Å². The molecule has 0 bridgehead atoms. The van der Waals surface area contributed by atoms with E-state index in [4.69, 9.17) is 5.11 Å². The predicted octanol–water partition coefficient (Wildman–Crippen LogP) is 3.78. The third kappa shape index (κ3) is 3.18. The van der Waals surface area contributed by atoms with Crippen molar-refractivity contribution in [2.45, 2.75) is 45.4 Å². The quantitative estimate of drug-likeness (QED) is 0.782. The number of unbranched alkanes of at least 4 members (excludes halogenated alkanes) is 4. The summed E-state index contributed by atoms with van der Waals surface area (Å²) in [5, 5.41) is 9.01. The van der Waals surface area contributed by atoms with Crippen LogP contribution in [0.15, 0.2) is 18.2 Å². The van der Waals surface area contributed by atoms with Crippen molar-refractivity contribution in [3.05, 3.63) is 29.6 Å². The third-order valence-electron chi connectivity index (χ3n) is 3.72. The summed E-state index contributed by atoms with van der Waals surface area (Å²) >= 11 is 0. The number of aryl methyl sites for hydroxylation is 2. The molecule has 1 aromatic heterocycles. The predicted molar refractivity (Wildman–Crippen MR) is 80.1 cm³/mol. The molecule has 108 valence electrons. The molecule has 0 aliphatic heterocycles. The molecule has 0 aliphatic rings. The Kier molecular flexibility index (Phi) is 4.77. The summed E-state index contributed by atoms with van der Waals surface area (Å²) in [5.74, 6) is 0.137. The van der Waals surface area contributed by atoms with Gasteiger partial charge in [-0.2, -0.15) is 0 Å². The van der Waals surface area contributed by atoms with E-state index >= 15 is 0 Å². The number of carbonyl (C=O) groups is 1. The van der Waals surface area contributed by atoms with Gasteiger partial charge in [0, 0.05) is 13.5 Å². The van der Waals surface area contributed by atoms with E-state index in [0.717, 1.165) is 29.7 Å². The van der Waals surface area contributed by atoms with Crippen LogP contribution in [0.25, 0.3) is 11.0 Å². The highest BCUT2D eigenvalue weighted by Crippen LogP contribution is 2.18. The topological polar surface area (TPSA) is 55.1 Å². The van der Waals surface area contributed by atoms with Gasteiger partial charge in [-0.15, -0.1) is 0 Å². The largest absolute Gasteiger partial charge is 0.478 e. The van der Waals surface area contributed by atoms with Gasteiger partial charge in [0.25, 0.3) is 0 Å². The van der Waals surface area contributed by atoms with Crippen LogP contribution < -0.4 is 0 Å². The van der Waals surface area contributed by atoms with Crippen LogP contribution >= 0.6 is 0 Å². The van der Waals surface area contributed by atoms with Crippen LogP contribution in [-0.4, -0.2) is 20.6 Å². The van der Waals surface area contributed by atoms with Gasteiger partial charge in [-0.05, 0) is 24.6 Å². The van der Waals surface area contributed by atoms with Gasteiger partial charge in [-0.3, -0.25) is 0 Å². The summed E-state index contributed by atoms with van der Waals surface area (Å²) in [4.78, 5) is 15.5. The van der Waals surface area contributed by atoms with Crippen molar-refractivity contribution in [2.24, 2.45) is 7.05 Å². The third-order valence-corrected chi connectivity index (χ3v) is 3.72. The zero-order valence-corrected chi connectivity index (χ0v) is 12.2. The van der Waals surface area contributed by atoms with Crippen molar-refractivity contribution >= 4 is 17.0 Å². The van der Waals surface area contributed by atoms with Crippen LogP contribution in [0.2, 0.25) is 0 Å². The summed E-state index contributed by atoms with van der Waals surface area (Å²) < 4.78 is 2.07. The van der Waals surface area contributed by atoms with Gasteiger partial charge in [0.1, 0.15) is 5.82 Å². The molecule has 1 N–H and O–H groups in total. The molecule has 0 saturated heterocycles. The lowest BCUT2D eigenvalue weighted by atomic mass is 10.1. The number of benzene rings is 1. The van der Waals surface area contributed by atoms with Crippen LogP contribution in [0.3, 0.4) is 0 Å². The van der Waals surface area contributed by atoms with Crippen LogP contribution in [0.5, 0.6) is 0 Å². The SMILES string of the molecule is CCCCCCCc1nc2cc(C(=O)O)ccc2n1C. The average Bonchev–Trinajstić information content (AvgIpc) is 2.75. The summed E-state index contributed by atoms with van der Waals surface area (Å²) in [6.45, 7) is 2.21. The van der Waals surface area contributed by atoms with E-state index in [1.54, 1.807) is 12.1 Å². The Balaban J connectivity index is 2.10. The second-order valence-electron chi connectivity index (χ2n) is 5.26. The standard InChI is InChI=1S/C16H22N2O2/c1-3-4-5-6-7-8-15-17-13-11-12(16(19)20)9-10-14(13)18(15)2/h9-11H,3-8H2,1-2H3,(H,19,20). The molecule has 0 spiro atoms. The Morgan fingerprint density at radius 3 is 2.70 bits per heavy atom. The normalized spacial score (nSPS) is 11.1. The second kappa shape index (κ2) is 6.55. The molecule has 2 aromatic rings. The number of carboxylic acid groups (broad SMARTS) is 1. The van der Waals surface area contributed by atoms with Crippen LogP contribution in [0, 0.1) is 0 Å². The fourth-order valence-electron chi connectivity index (χ4n) is 2.49. The fourth-order valence-corrected chi connectivity index (χ4v) is 2.49. The lowest BCUT2D eigenvalue weighted by molar-refractivity contribution is 0.0697. The lowest BCUT2D eigenvalue weighted by Crippen LogP contribution is -1.98. The highest BCUT2D eigenvalue weighted by molar-refractivity contribution is 5.92. The summed E-state index contributed by atoms with van der Waals surface area (Å²) in [6.07, 6.45) is 7.16. The molecule has 1 heterocycles. The van der Waals surface area contributed by atoms with E-state index in [-0.39, 0.29) is 0 Å². The molecular formula is C16H22N2O2. The minimum absolute atomic E-state index is 0.296. The number of rotatable bonds is 7. The number of nitrogens with zero attached hydrogens (tertiary/aromatic N) is 2. The minimum atomic E-state index is -0.904. The first-order valence-electron chi connectivity index (χ1n) is 7.32. The number of imidazole rings is 1. The van der Waals surface area contributed by atoms with Gasteiger partial charge in [0.2, 0.25) is 0 Å². The van der Waals surface area contributed by atoms with E-state index in [9.17, 15) is 4.79 Å². The zero-order chi connectivity index (χ0) is 14.5. The van der Waals surface area contributed by atoms with E-state index in [0.29, 0.717) is 5.56 Å². The van der Waals surface area contributed by atoms with E-state index in [1.165, 1.54) is 25.7 Å². The smallest absolute Gasteiger partial charge is 0.335 e. The van der Waals surface area contributed by atoms with Gasteiger partial charge in [0.05, 0.1) is 16.6 Å². The van der Waals surface area contributed by atoms with Crippen molar-refractivity contribution < 1.29 is 9.90 Å². The number of aromatic nitrogens is 2. The lowest BCUT2D eigenvalue weighted by Gasteiger charge is -2.02. The first-order chi connectivity index (χ1) is 9.63. The van der Waals surface area contributed by atoms with Crippen LogP contribution in [0.1, 0.15) is 55.2 Å². The average molecular weight is 274 g/mol. The molecule has 1 aromatic carbocycles. The molecule has 0 amide bonds. The van der Waals surface area contributed by atoms with E-state index < -0.39 is 5.97 Å². The molecule has 4 nitrogen and oxygen atoms in total. The van der Waals surface area contributed by atoms with Gasteiger partial charge in [-0.1, -0.05) is 32.6 Å². The van der Waals surface area contributed by atoms with Crippen molar-refractivity contribution in [3.8, 4) is 0 Å². The van der Waals surface area contributed by atoms with Crippen LogP contribution in [-0.2, 0) is 13.5 Å². The molecule has 0 aliphatic carbocycles. The summed E-state index contributed by atoms with van der Waals surface area (Å²) in [5.41, 5.74) is 2.07. The highest BCUT2D eigenvalue weighted by atomic mass is 16.4. The summed E-state index contributed by atoms with van der Waals surface area (Å²) in [7, 11) is 2.00.